The topological polar surface area (TPSA) is 71.1 Å². The van der Waals surface area contributed by atoms with E-state index in [2.05, 4.69) is 13.2 Å². The van der Waals surface area contributed by atoms with Crippen molar-refractivity contribution in [3.05, 3.63) is 25.3 Å². The smallest absolute Gasteiger partial charge is 0.330 e. The Morgan fingerprint density at radius 3 is 0.981 bits per heavy atom. The van der Waals surface area contributed by atoms with Crippen LogP contribution < -0.4 is 0 Å². The van der Waals surface area contributed by atoms with Gasteiger partial charge in [-0.15, -0.1) is 0 Å². The average Bonchev–Trinajstić information content (AvgIpc) is 3.22. The van der Waals surface area contributed by atoms with Gasteiger partial charge in [0.05, 0.1) is 25.4 Å². The van der Waals surface area contributed by atoms with Gasteiger partial charge in [-0.3, -0.25) is 0 Å². The maximum Gasteiger partial charge on any atom is 0.330 e. The quantitative estimate of drug-likeness (QED) is 0.0623. The van der Waals surface area contributed by atoms with Gasteiger partial charge < -0.3 is 18.9 Å². The minimum Gasteiger partial charge on any atom is -0.463 e. The molecule has 2 atom stereocenters. The van der Waals surface area contributed by atoms with Gasteiger partial charge in [-0.1, -0.05) is 129 Å². The number of carbonyl (C=O) groups excluding carboxylic acids is 2. The fourth-order valence-corrected chi connectivity index (χ4v) is 11.1. The fraction of sp³-hybridized carbons (Fsp3) is 0.875. The summed E-state index contributed by atoms with van der Waals surface area (Å²) < 4.78 is 23.7. The van der Waals surface area contributed by atoms with Gasteiger partial charge in [0.15, 0.2) is 0 Å². The van der Waals surface area contributed by atoms with Crippen LogP contribution in [0.1, 0.15) is 180 Å². The Morgan fingerprint density at radius 2 is 0.685 bits per heavy atom. The average molecular weight is 753 g/mol. The van der Waals surface area contributed by atoms with Crippen LogP contribution in [0, 0.1) is 47.3 Å². The molecule has 5 fully saturated rings. The van der Waals surface area contributed by atoms with E-state index in [-0.39, 0.29) is 11.9 Å². The van der Waals surface area contributed by atoms with Crippen LogP contribution in [0.25, 0.3) is 0 Å². The number of esters is 2. The first-order valence-corrected chi connectivity index (χ1v) is 23.3. The molecule has 0 aromatic heterocycles. The highest BCUT2D eigenvalue weighted by Crippen LogP contribution is 2.40. The molecule has 0 unspecified atom stereocenters. The first kappa shape index (κ1) is 43.5. The molecule has 0 spiro atoms. The number of hydrogen-bond donors (Lipinski definition) is 0. The molecule has 0 aromatic rings. The molecule has 0 aromatic carbocycles. The van der Waals surface area contributed by atoms with Gasteiger partial charge in [0.1, 0.15) is 0 Å². The maximum absolute atomic E-state index is 11.2. The molecule has 6 nitrogen and oxygen atoms in total. The Labute approximate surface area is 330 Å². The highest BCUT2D eigenvalue weighted by molar-refractivity contribution is 5.81. The maximum atomic E-state index is 11.2. The van der Waals surface area contributed by atoms with Gasteiger partial charge in [-0.25, -0.2) is 9.59 Å². The molecule has 0 N–H and O–H groups in total. The number of carbonyl (C=O) groups is 2. The van der Waals surface area contributed by atoms with Crippen LogP contribution in [-0.4, -0.2) is 50.6 Å². The van der Waals surface area contributed by atoms with Crippen molar-refractivity contribution in [3.63, 3.8) is 0 Å². The molecule has 5 aliphatic carbocycles. The lowest BCUT2D eigenvalue weighted by atomic mass is 9.75. The third kappa shape index (κ3) is 16.1. The summed E-state index contributed by atoms with van der Waals surface area (Å²) in [5.41, 5.74) is 0. The van der Waals surface area contributed by atoms with E-state index < -0.39 is 0 Å². The minimum atomic E-state index is -0.293. The first-order valence-electron chi connectivity index (χ1n) is 23.3. The molecule has 54 heavy (non-hydrogen) atoms. The van der Waals surface area contributed by atoms with Crippen LogP contribution >= 0.6 is 0 Å². The van der Waals surface area contributed by atoms with E-state index in [9.17, 15) is 9.59 Å². The van der Waals surface area contributed by atoms with Crippen LogP contribution in [0.4, 0.5) is 0 Å². The number of ether oxygens (including phenoxy) is 4. The summed E-state index contributed by atoms with van der Waals surface area (Å²) >= 11 is 0. The molecule has 0 bridgehead atoms. The van der Waals surface area contributed by atoms with Crippen LogP contribution in [0.5, 0.6) is 0 Å². The van der Waals surface area contributed by atoms with E-state index in [0.717, 1.165) is 73.4 Å². The third-order valence-corrected chi connectivity index (χ3v) is 14.9. The molecule has 308 valence electrons. The predicted molar refractivity (Wildman–Crippen MR) is 219 cm³/mol. The SMILES string of the molecule is C=CC(=O)OCCC[C@H]1CC[C@H](CC[C@H]2CC[C@H](CO[C@@H]3CCCC[C@H]3OC[C@H]3CC[C@H](CC[C@H]4CC[C@H](CCCOC(=O)C=C)CC4)CC3)CC2)CC1. The first-order chi connectivity index (χ1) is 26.5. The molecule has 6 heteroatoms. The zero-order chi connectivity index (χ0) is 37.8. The Kier molecular flexibility index (Phi) is 20.0. The highest BCUT2D eigenvalue weighted by atomic mass is 16.5. The van der Waals surface area contributed by atoms with Crippen molar-refractivity contribution < 1.29 is 28.5 Å². The zero-order valence-corrected chi connectivity index (χ0v) is 34.4. The molecule has 0 aliphatic heterocycles. The van der Waals surface area contributed by atoms with Crippen molar-refractivity contribution in [1.82, 2.24) is 0 Å². The Balaban J connectivity index is 0.860. The summed E-state index contributed by atoms with van der Waals surface area (Å²) in [5.74, 6) is 6.28. The van der Waals surface area contributed by atoms with Crippen molar-refractivity contribution in [2.45, 2.75) is 192 Å². The Hall–Kier alpha value is -1.66. The summed E-state index contributed by atoms with van der Waals surface area (Å²) in [6.45, 7) is 9.93. The van der Waals surface area contributed by atoms with Crippen LogP contribution in [0.3, 0.4) is 0 Å². The monoisotopic (exact) mass is 753 g/mol. The van der Waals surface area contributed by atoms with Gasteiger partial charge in [0.2, 0.25) is 0 Å². The Bertz CT molecular complexity index is 973. The van der Waals surface area contributed by atoms with E-state index in [4.69, 9.17) is 18.9 Å². The molecular formula is C48H80O6. The van der Waals surface area contributed by atoms with Crippen molar-refractivity contribution in [2.24, 2.45) is 47.3 Å². The van der Waals surface area contributed by atoms with Crippen molar-refractivity contribution in [1.29, 1.82) is 0 Å². The molecule has 5 rings (SSSR count). The van der Waals surface area contributed by atoms with E-state index in [1.807, 2.05) is 0 Å². The van der Waals surface area contributed by atoms with E-state index in [1.165, 1.54) is 179 Å². The van der Waals surface area contributed by atoms with Crippen molar-refractivity contribution >= 4 is 11.9 Å². The van der Waals surface area contributed by atoms with E-state index in [1.54, 1.807) is 0 Å². The lowest BCUT2D eigenvalue weighted by Crippen LogP contribution is -2.37. The molecular weight excluding hydrogens is 673 g/mol. The molecule has 5 saturated carbocycles. The van der Waals surface area contributed by atoms with Gasteiger partial charge in [-0.2, -0.15) is 0 Å². The third-order valence-electron chi connectivity index (χ3n) is 14.9. The van der Waals surface area contributed by atoms with Gasteiger partial charge >= 0.3 is 11.9 Å². The minimum absolute atomic E-state index is 0.293. The normalized spacial score (nSPS) is 33.4. The highest BCUT2D eigenvalue weighted by Gasteiger charge is 2.31. The second-order valence-corrected chi connectivity index (χ2v) is 18.8. The summed E-state index contributed by atoms with van der Waals surface area (Å²) in [5, 5.41) is 0. The predicted octanol–water partition coefficient (Wildman–Crippen LogP) is 12.1. The second-order valence-electron chi connectivity index (χ2n) is 18.8. The van der Waals surface area contributed by atoms with Crippen LogP contribution in [-0.2, 0) is 28.5 Å². The standard InChI is InChI=1S/C48H80O6/c1-3-47(49)51-33-7-9-37-13-17-39(18-14-37)21-23-41-25-29-43(30-26-41)35-53-45-11-5-6-12-46(45)54-36-44-31-27-42(28-32-44)24-22-40-19-15-38(16-20-40)10-8-34-52-48(50)4-2/h3-4,37-46H,1-2,5-36H2/t37-,38-,39-,40-,41-,42-,43-,44-,45-,46-/m1/s1. The lowest BCUT2D eigenvalue weighted by molar-refractivity contribution is -0.138. The largest absolute Gasteiger partial charge is 0.463 e. The Morgan fingerprint density at radius 1 is 0.407 bits per heavy atom. The molecule has 5 aliphatic rings. The molecule has 0 radical (unpaired) electrons. The molecule has 0 saturated heterocycles. The van der Waals surface area contributed by atoms with Gasteiger partial charge in [0.25, 0.3) is 0 Å². The van der Waals surface area contributed by atoms with Crippen molar-refractivity contribution in [3.8, 4) is 0 Å². The van der Waals surface area contributed by atoms with Crippen molar-refractivity contribution in [2.75, 3.05) is 26.4 Å². The summed E-state index contributed by atoms with van der Waals surface area (Å²) in [7, 11) is 0. The second kappa shape index (κ2) is 24.9. The molecule has 0 amide bonds. The van der Waals surface area contributed by atoms with Gasteiger partial charge in [0, 0.05) is 25.4 Å². The summed E-state index contributed by atoms with van der Waals surface area (Å²) in [6, 6.07) is 0. The number of rotatable bonds is 22. The zero-order valence-electron chi connectivity index (χ0n) is 34.4. The summed E-state index contributed by atoms with van der Waals surface area (Å²) in [4.78, 5) is 22.5. The van der Waals surface area contributed by atoms with Crippen LogP contribution in [0.15, 0.2) is 25.3 Å². The van der Waals surface area contributed by atoms with E-state index in [0.29, 0.717) is 25.4 Å². The lowest BCUT2D eigenvalue weighted by Gasteiger charge is -2.36. The number of hydrogen-bond acceptors (Lipinski definition) is 6. The summed E-state index contributed by atoms with van der Waals surface area (Å²) in [6.07, 6.45) is 40.3. The van der Waals surface area contributed by atoms with Crippen LogP contribution in [0.2, 0.25) is 0 Å². The van der Waals surface area contributed by atoms with E-state index >= 15 is 0 Å². The molecule has 0 heterocycles. The van der Waals surface area contributed by atoms with Gasteiger partial charge in [-0.05, 0) is 112 Å². The fourth-order valence-electron chi connectivity index (χ4n) is 11.1.